The van der Waals surface area contributed by atoms with Gasteiger partial charge in [-0.15, -0.1) is 0 Å². The Morgan fingerprint density at radius 3 is 2.00 bits per heavy atom. The van der Waals surface area contributed by atoms with Crippen LogP contribution in [0.5, 0.6) is 0 Å². The SMILES string of the molecule is CCC(CC)N(C)CCC(C)(C)N. The summed E-state index contributed by atoms with van der Waals surface area (Å²) >= 11 is 0. The quantitative estimate of drug-likeness (QED) is 0.689. The van der Waals surface area contributed by atoms with Crippen molar-refractivity contribution in [2.75, 3.05) is 13.6 Å². The molecule has 0 aromatic rings. The Balaban J connectivity index is 3.78. The molecule has 0 amide bonds. The van der Waals surface area contributed by atoms with E-state index in [1.54, 1.807) is 0 Å². The molecule has 0 atom stereocenters. The summed E-state index contributed by atoms with van der Waals surface area (Å²) < 4.78 is 0. The first-order valence-corrected chi connectivity index (χ1v) is 5.39. The zero-order chi connectivity index (χ0) is 10.5. The molecule has 0 unspecified atom stereocenters. The van der Waals surface area contributed by atoms with Crippen LogP contribution in [0, 0.1) is 0 Å². The molecule has 0 aromatic heterocycles. The van der Waals surface area contributed by atoms with Crippen LogP contribution in [0.15, 0.2) is 0 Å². The van der Waals surface area contributed by atoms with Gasteiger partial charge in [-0.3, -0.25) is 0 Å². The molecule has 0 saturated carbocycles. The Morgan fingerprint density at radius 2 is 1.69 bits per heavy atom. The fourth-order valence-corrected chi connectivity index (χ4v) is 1.56. The van der Waals surface area contributed by atoms with E-state index in [9.17, 15) is 0 Å². The molecular weight excluding hydrogens is 160 g/mol. The number of rotatable bonds is 6. The third-order valence-corrected chi connectivity index (χ3v) is 2.67. The van der Waals surface area contributed by atoms with Gasteiger partial charge in [-0.25, -0.2) is 0 Å². The molecule has 2 N–H and O–H groups in total. The van der Waals surface area contributed by atoms with Gasteiger partial charge < -0.3 is 10.6 Å². The van der Waals surface area contributed by atoms with Gasteiger partial charge in [0, 0.05) is 11.6 Å². The van der Waals surface area contributed by atoms with E-state index in [1.807, 2.05) is 0 Å². The summed E-state index contributed by atoms with van der Waals surface area (Å²) in [5, 5.41) is 0. The summed E-state index contributed by atoms with van der Waals surface area (Å²) in [6.45, 7) is 9.79. The number of hydrogen-bond donors (Lipinski definition) is 1. The topological polar surface area (TPSA) is 29.3 Å². The van der Waals surface area contributed by atoms with Crippen LogP contribution in [-0.4, -0.2) is 30.1 Å². The van der Waals surface area contributed by atoms with Crippen LogP contribution in [0.3, 0.4) is 0 Å². The Hall–Kier alpha value is -0.0800. The predicted octanol–water partition coefficient (Wildman–Crippen LogP) is 2.23. The lowest BCUT2D eigenvalue weighted by molar-refractivity contribution is 0.212. The molecule has 0 heterocycles. The maximum atomic E-state index is 5.94. The summed E-state index contributed by atoms with van der Waals surface area (Å²) in [4.78, 5) is 2.43. The molecule has 2 heteroatoms. The molecule has 0 fully saturated rings. The number of nitrogens with two attached hydrogens (primary N) is 1. The first kappa shape index (κ1) is 12.9. The number of hydrogen-bond acceptors (Lipinski definition) is 2. The lowest BCUT2D eigenvalue weighted by Crippen LogP contribution is -2.39. The van der Waals surface area contributed by atoms with Crippen molar-refractivity contribution in [2.45, 2.75) is 58.5 Å². The highest BCUT2D eigenvalue weighted by molar-refractivity contribution is 4.75. The van der Waals surface area contributed by atoms with Crippen LogP contribution < -0.4 is 5.73 Å². The van der Waals surface area contributed by atoms with Crippen molar-refractivity contribution >= 4 is 0 Å². The molecule has 0 aromatic carbocycles. The monoisotopic (exact) mass is 186 g/mol. The van der Waals surface area contributed by atoms with Gasteiger partial charge in [-0.2, -0.15) is 0 Å². The van der Waals surface area contributed by atoms with E-state index in [4.69, 9.17) is 5.73 Å². The van der Waals surface area contributed by atoms with Crippen molar-refractivity contribution in [1.82, 2.24) is 4.90 Å². The molecule has 13 heavy (non-hydrogen) atoms. The van der Waals surface area contributed by atoms with Crippen molar-refractivity contribution in [3.05, 3.63) is 0 Å². The molecule has 0 rings (SSSR count). The van der Waals surface area contributed by atoms with Gasteiger partial charge in [-0.05, 0) is 46.7 Å². The first-order valence-electron chi connectivity index (χ1n) is 5.39. The highest BCUT2D eigenvalue weighted by Gasteiger charge is 2.15. The van der Waals surface area contributed by atoms with E-state index in [0.717, 1.165) is 19.0 Å². The fourth-order valence-electron chi connectivity index (χ4n) is 1.56. The minimum atomic E-state index is -0.0275. The van der Waals surface area contributed by atoms with Crippen molar-refractivity contribution in [1.29, 1.82) is 0 Å². The number of nitrogens with zero attached hydrogens (tertiary/aromatic N) is 1. The molecule has 80 valence electrons. The zero-order valence-corrected chi connectivity index (χ0v) is 9.93. The normalized spacial score (nSPS) is 12.9. The molecule has 0 aliphatic heterocycles. The van der Waals surface area contributed by atoms with Crippen LogP contribution >= 0.6 is 0 Å². The minimum absolute atomic E-state index is 0.0275. The fraction of sp³-hybridized carbons (Fsp3) is 1.00. The standard InChI is InChI=1S/C11H26N2/c1-6-10(7-2)13(5)9-8-11(3,4)12/h10H,6-9,12H2,1-5H3. The molecule has 0 bridgehead atoms. The van der Waals surface area contributed by atoms with Gasteiger partial charge in [0.05, 0.1) is 0 Å². The van der Waals surface area contributed by atoms with E-state index < -0.39 is 0 Å². The maximum absolute atomic E-state index is 5.94. The maximum Gasteiger partial charge on any atom is 0.0109 e. The van der Waals surface area contributed by atoms with Crippen LogP contribution in [0.4, 0.5) is 0 Å². The van der Waals surface area contributed by atoms with E-state index >= 15 is 0 Å². The van der Waals surface area contributed by atoms with Crippen LogP contribution in [0.2, 0.25) is 0 Å². The average Bonchev–Trinajstić information content (AvgIpc) is 2.02. The van der Waals surface area contributed by atoms with Crippen LogP contribution in [-0.2, 0) is 0 Å². The van der Waals surface area contributed by atoms with Gasteiger partial charge in [0.25, 0.3) is 0 Å². The van der Waals surface area contributed by atoms with E-state index in [2.05, 4.69) is 39.6 Å². The second-order valence-corrected chi connectivity index (χ2v) is 4.69. The van der Waals surface area contributed by atoms with Crippen LogP contribution in [0.25, 0.3) is 0 Å². The van der Waals surface area contributed by atoms with Crippen molar-refractivity contribution in [3.8, 4) is 0 Å². The second kappa shape index (κ2) is 5.61. The largest absolute Gasteiger partial charge is 0.326 e. The summed E-state index contributed by atoms with van der Waals surface area (Å²) in [7, 11) is 2.20. The average molecular weight is 186 g/mol. The second-order valence-electron chi connectivity index (χ2n) is 4.69. The molecule has 0 saturated heterocycles. The highest BCUT2D eigenvalue weighted by Crippen LogP contribution is 2.10. The smallest absolute Gasteiger partial charge is 0.0109 e. The van der Waals surface area contributed by atoms with E-state index in [0.29, 0.717) is 0 Å². The van der Waals surface area contributed by atoms with E-state index in [-0.39, 0.29) is 5.54 Å². The molecular formula is C11H26N2. The third kappa shape index (κ3) is 6.05. The summed E-state index contributed by atoms with van der Waals surface area (Å²) in [5.41, 5.74) is 5.91. The van der Waals surface area contributed by atoms with Crippen molar-refractivity contribution in [2.24, 2.45) is 5.73 Å². The third-order valence-electron chi connectivity index (χ3n) is 2.67. The highest BCUT2D eigenvalue weighted by atomic mass is 15.1. The van der Waals surface area contributed by atoms with Gasteiger partial charge in [-0.1, -0.05) is 13.8 Å². The lowest BCUT2D eigenvalue weighted by atomic mass is 10.0. The zero-order valence-electron chi connectivity index (χ0n) is 9.93. The lowest BCUT2D eigenvalue weighted by Gasteiger charge is -2.29. The summed E-state index contributed by atoms with van der Waals surface area (Å²) in [6, 6.07) is 0.724. The summed E-state index contributed by atoms with van der Waals surface area (Å²) in [6.07, 6.45) is 3.54. The van der Waals surface area contributed by atoms with E-state index in [1.165, 1.54) is 12.8 Å². The Labute approximate surface area is 83.5 Å². The molecule has 0 spiro atoms. The molecule has 0 radical (unpaired) electrons. The Morgan fingerprint density at radius 1 is 1.23 bits per heavy atom. The molecule has 2 nitrogen and oxygen atoms in total. The molecule has 0 aliphatic carbocycles. The molecule has 0 aliphatic rings. The Kier molecular flexibility index (Phi) is 5.57. The van der Waals surface area contributed by atoms with Gasteiger partial charge in [0.1, 0.15) is 0 Å². The van der Waals surface area contributed by atoms with Gasteiger partial charge >= 0.3 is 0 Å². The van der Waals surface area contributed by atoms with Crippen molar-refractivity contribution in [3.63, 3.8) is 0 Å². The van der Waals surface area contributed by atoms with Gasteiger partial charge in [0.2, 0.25) is 0 Å². The van der Waals surface area contributed by atoms with Gasteiger partial charge in [0.15, 0.2) is 0 Å². The first-order chi connectivity index (χ1) is 5.90. The van der Waals surface area contributed by atoms with Crippen LogP contribution in [0.1, 0.15) is 47.0 Å². The predicted molar refractivity (Wildman–Crippen MR) is 59.9 cm³/mol. The minimum Gasteiger partial charge on any atom is -0.326 e. The summed E-state index contributed by atoms with van der Waals surface area (Å²) in [5.74, 6) is 0. The Bertz CT molecular complexity index is 123. The van der Waals surface area contributed by atoms with Crippen molar-refractivity contribution < 1.29 is 0 Å².